The van der Waals surface area contributed by atoms with Crippen LogP contribution in [0.2, 0.25) is 0 Å². The van der Waals surface area contributed by atoms with Gasteiger partial charge in [0.05, 0.1) is 23.9 Å². The highest BCUT2D eigenvalue weighted by molar-refractivity contribution is 6.04. The van der Waals surface area contributed by atoms with E-state index >= 15 is 0 Å². The van der Waals surface area contributed by atoms with E-state index in [2.05, 4.69) is 25.7 Å². The topological polar surface area (TPSA) is 133 Å². The molecule has 0 aliphatic carbocycles. The lowest BCUT2D eigenvalue weighted by molar-refractivity contribution is 0.0343. The second kappa shape index (κ2) is 12.3. The molecule has 0 bridgehead atoms. The monoisotopic (exact) mass is 536 g/mol. The van der Waals surface area contributed by atoms with Gasteiger partial charge >= 0.3 is 6.03 Å². The maximum absolute atomic E-state index is 13.7. The number of anilines is 2. The minimum atomic E-state index is -0.518. The van der Waals surface area contributed by atoms with E-state index in [1.54, 1.807) is 49.3 Å². The summed E-state index contributed by atoms with van der Waals surface area (Å²) in [6.07, 6.45) is 3.21. The molecule has 0 fully saturated rings. The molecule has 4 rings (SSSR count). The van der Waals surface area contributed by atoms with Gasteiger partial charge in [0.25, 0.3) is 5.91 Å². The molecule has 0 radical (unpaired) electrons. The first-order valence-corrected chi connectivity index (χ1v) is 13.0. The van der Waals surface area contributed by atoms with Gasteiger partial charge in [-0.15, -0.1) is 0 Å². The van der Waals surface area contributed by atoms with Crippen molar-refractivity contribution in [3.63, 3.8) is 0 Å². The fraction of sp³-hybridized carbons (Fsp3) is 0.429. The number of para-hydroxylation sites is 1. The average molecular weight is 537 g/mol. The molecule has 1 aliphatic rings. The number of benzene rings is 1. The molecule has 11 nitrogen and oxygen atoms in total. The molecule has 3 N–H and O–H groups in total. The van der Waals surface area contributed by atoms with E-state index in [1.807, 2.05) is 33.0 Å². The van der Waals surface area contributed by atoms with Gasteiger partial charge in [0.2, 0.25) is 0 Å². The predicted octanol–water partition coefficient (Wildman–Crippen LogP) is 3.68. The Morgan fingerprint density at radius 2 is 1.97 bits per heavy atom. The van der Waals surface area contributed by atoms with Crippen molar-refractivity contribution >= 4 is 23.3 Å². The molecule has 11 heteroatoms. The van der Waals surface area contributed by atoms with Crippen molar-refractivity contribution in [2.24, 2.45) is 5.92 Å². The largest absolute Gasteiger partial charge is 0.486 e. The van der Waals surface area contributed by atoms with E-state index in [9.17, 15) is 14.7 Å². The summed E-state index contributed by atoms with van der Waals surface area (Å²) in [5.74, 6) is 0.439. The number of carbonyl (C=O) groups excluding carboxylic acids is 2. The summed E-state index contributed by atoms with van der Waals surface area (Å²) < 4.78 is 11.7. The third-order valence-corrected chi connectivity index (χ3v) is 6.90. The number of nitrogens with zero attached hydrogens (tertiary/aromatic N) is 4. The molecule has 3 amide bonds. The van der Waals surface area contributed by atoms with Gasteiger partial charge < -0.3 is 29.9 Å². The Labute approximate surface area is 228 Å². The van der Waals surface area contributed by atoms with Crippen LogP contribution < -0.4 is 15.4 Å². The van der Waals surface area contributed by atoms with E-state index < -0.39 is 6.03 Å². The Bertz CT molecular complexity index is 1280. The molecule has 3 atom stereocenters. The Morgan fingerprint density at radius 1 is 1.23 bits per heavy atom. The number of pyridine rings is 1. The summed E-state index contributed by atoms with van der Waals surface area (Å²) >= 11 is 0. The molecule has 3 aromatic rings. The molecule has 208 valence electrons. The average Bonchev–Trinajstić information content (AvgIpc) is 3.23. The molecule has 0 saturated heterocycles. The maximum atomic E-state index is 13.7. The molecular formula is C28H36N6O5. The lowest BCUT2D eigenvalue weighted by Gasteiger charge is -2.38. The van der Waals surface area contributed by atoms with E-state index in [-0.39, 0.29) is 30.6 Å². The number of amides is 3. The second-order valence-electron chi connectivity index (χ2n) is 10.1. The number of aliphatic hydroxyl groups excluding tert-OH is 1. The standard InChI is InChI=1S/C28H36N6O5/c1-17-13-34(18(2)16-35)27(36)22-7-6-8-23(30-28(37)31-25-19(3)32-39-20(25)4)26(22)38-24(17)15-33(5)14-21-9-11-29-12-10-21/h6-12,17-18,24,35H,13-16H2,1-5H3,(H2,30,31,37)/t17-,18-,24+/m1/s1. The Hall–Kier alpha value is -3.96. The quantitative estimate of drug-likeness (QED) is 0.397. The van der Waals surface area contributed by atoms with Gasteiger partial charge in [-0.1, -0.05) is 18.1 Å². The van der Waals surface area contributed by atoms with Crippen LogP contribution in [0.15, 0.2) is 47.2 Å². The van der Waals surface area contributed by atoms with Crippen LogP contribution >= 0.6 is 0 Å². The van der Waals surface area contributed by atoms with Gasteiger partial charge in [0.15, 0.2) is 11.5 Å². The molecule has 0 spiro atoms. The second-order valence-corrected chi connectivity index (χ2v) is 10.1. The summed E-state index contributed by atoms with van der Waals surface area (Å²) in [6, 6.07) is 8.11. The number of hydrogen-bond donors (Lipinski definition) is 3. The van der Waals surface area contributed by atoms with Crippen molar-refractivity contribution in [1.29, 1.82) is 0 Å². The Balaban J connectivity index is 1.64. The number of rotatable bonds is 8. The van der Waals surface area contributed by atoms with Gasteiger partial charge in [-0.05, 0) is 57.6 Å². The molecule has 3 heterocycles. The summed E-state index contributed by atoms with van der Waals surface area (Å²) in [5, 5.41) is 19.4. The molecule has 2 aromatic heterocycles. The number of aromatic nitrogens is 2. The van der Waals surface area contributed by atoms with E-state index in [0.717, 1.165) is 5.56 Å². The van der Waals surface area contributed by atoms with E-state index in [0.29, 0.717) is 53.8 Å². The zero-order chi connectivity index (χ0) is 28.1. The number of likely N-dealkylation sites (N-methyl/N-ethyl adjacent to an activating group) is 1. The van der Waals surface area contributed by atoms with Crippen molar-refractivity contribution in [1.82, 2.24) is 19.9 Å². The minimum Gasteiger partial charge on any atom is -0.486 e. The number of urea groups is 1. The van der Waals surface area contributed by atoms with Gasteiger partial charge in [-0.25, -0.2) is 4.79 Å². The van der Waals surface area contributed by atoms with Crippen molar-refractivity contribution in [2.75, 3.05) is 37.4 Å². The summed E-state index contributed by atoms with van der Waals surface area (Å²) in [6.45, 7) is 8.79. The van der Waals surface area contributed by atoms with E-state index in [4.69, 9.17) is 9.26 Å². The van der Waals surface area contributed by atoms with Crippen LogP contribution in [-0.4, -0.2) is 75.9 Å². The minimum absolute atomic E-state index is 0.0693. The van der Waals surface area contributed by atoms with Crippen LogP contribution in [0.4, 0.5) is 16.2 Å². The lowest BCUT2D eigenvalue weighted by Crippen LogP contribution is -2.49. The molecular weight excluding hydrogens is 500 g/mol. The van der Waals surface area contributed by atoms with Gasteiger partial charge in [0, 0.05) is 37.9 Å². The van der Waals surface area contributed by atoms with Crippen LogP contribution in [0, 0.1) is 19.8 Å². The fourth-order valence-corrected chi connectivity index (χ4v) is 4.66. The molecule has 0 saturated carbocycles. The number of carbonyl (C=O) groups is 2. The fourth-order valence-electron chi connectivity index (χ4n) is 4.66. The summed E-state index contributed by atoms with van der Waals surface area (Å²) in [5.41, 5.74) is 2.83. The third-order valence-electron chi connectivity index (χ3n) is 6.90. The van der Waals surface area contributed by atoms with Crippen molar-refractivity contribution in [3.05, 3.63) is 65.3 Å². The first-order valence-electron chi connectivity index (χ1n) is 13.0. The lowest BCUT2D eigenvalue weighted by atomic mass is 9.99. The van der Waals surface area contributed by atoms with Crippen LogP contribution in [0.1, 0.15) is 41.2 Å². The number of aryl methyl sites for hydroxylation is 2. The van der Waals surface area contributed by atoms with Gasteiger partial charge in [-0.2, -0.15) is 0 Å². The highest BCUT2D eigenvalue weighted by Gasteiger charge is 2.34. The number of hydrogen-bond acceptors (Lipinski definition) is 8. The first kappa shape index (κ1) is 28.1. The zero-order valence-electron chi connectivity index (χ0n) is 23.0. The zero-order valence-corrected chi connectivity index (χ0v) is 23.0. The number of fused-ring (bicyclic) bond motifs is 1. The number of ether oxygens (including phenoxy) is 1. The molecule has 1 aromatic carbocycles. The Morgan fingerprint density at radius 3 is 2.64 bits per heavy atom. The molecule has 0 unspecified atom stereocenters. The predicted molar refractivity (Wildman–Crippen MR) is 147 cm³/mol. The molecule has 39 heavy (non-hydrogen) atoms. The summed E-state index contributed by atoms with van der Waals surface area (Å²) in [7, 11) is 2.01. The van der Waals surface area contributed by atoms with Crippen LogP contribution in [-0.2, 0) is 6.54 Å². The van der Waals surface area contributed by atoms with Crippen LogP contribution in [0.5, 0.6) is 5.75 Å². The number of nitrogens with one attached hydrogen (secondary N) is 2. The van der Waals surface area contributed by atoms with Crippen LogP contribution in [0.3, 0.4) is 0 Å². The Kier molecular flexibility index (Phi) is 8.82. The van der Waals surface area contributed by atoms with Crippen LogP contribution in [0.25, 0.3) is 0 Å². The highest BCUT2D eigenvalue weighted by Crippen LogP contribution is 2.35. The maximum Gasteiger partial charge on any atom is 0.323 e. The summed E-state index contributed by atoms with van der Waals surface area (Å²) in [4.78, 5) is 34.5. The normalized spacial score (nSPS) is 18.1. The van der Waals surface area contributed by atoms with Crippen molar-refractivity contribution in [3.8, 4) is 5.75 Å². The van der Waals surface area contributed by atoms with Gasteiger partial charge in [0.1, 0.15) is 17.5 Å². The van der Waals surface area contributed by atoms with Gasteiger partial charge in [-0.3, -0.25) is 14.7 Å². The number of aliphatic hydroxyl groups is 1. The third kappa shape index (κ3) is 6.55. The SMILES string of the molecule is Cc1noc(C)c1NC(=O)Nc1cccc2c1O[C@@H](CN(C)Cc1ccncc1)[C@H](C)CN([C@H](C)CO)C2=O. The van der Waals surface area contributed by atoms with E-state index in [1.165, 1.54) is 0 Å². The molecule has 1 aliphatic heterocycles. The van der Waals surface area contributed by atoms with Crippen molar-refractivity contribution < 1.29 is 24.0 Å². The smallest absolute Gasteiger partial charge is 0.323 e. The highest BCUT2D eigenvalue weighted by atomic mass is 16.5. The van der Waals surface area contributed by atoms with Crippen molar-refractivity contribution in [2.45, 2.75) is 46.4 Å². The first-order chi connectivity index (χ1) is 18.7.